The summed E-state index contributed by atoms with van der Waals surface area (Å²) >= 11 is 0. The fourth-order valence-electron chi connectivity index (χ4n) is 4.25. The molecule has 0 unspecified atom stereocenters. The summed E-state index contributed by atoms with van der Waals surface area (Å²) in [6.07, 6.45) is 0. The highest BCUT2D eigenvalue weighted by atomic mass is 32.2. The molecule has 0 spiro atoms. The SMILES string of the molecule is Cc1cccc(N2CCN(C(=O)c3ccc(S(=O)(=O)c4ccc(F)cc4)c([N+](=O)[O-])c3)[C@@H](C)C2)c1. The molecule has 10 heteroatoms. The minimum Gasteiger partial charge on any atom is -0.368 e. The molecule has 182 valence electrons. The summed E-state index contributed by atoms with van der Waals surface area (Å²) in [6.45, 7) is 5.52. The molecule has 1 saturated heterocycles. The molecule has 0 saturated carbocycles. The lowest BCUT2D eigenvalue weighted by Crippen LogP contribution is -2.54. The van der Waals surface area contributed by atoms with Crippen molar-refractivity contribution in [1.82, 2.24) is 4.90 Å². The van der Waals surface area contributed by atoms with Gasteiger partial charge in [0.1, 0.15) is 10.7 Å². The fourth-order valence-corrected chi connectivity index (χ4v) is 5.65. The van der Waals surface area contributed by atoms with Gasteiger partial charge in [-0.05, 0) is 67.9 Å². The first kappa shape index (κ1) is 24.3. The summed E-state index contributed by atoms with van der Waals surface area (Å²) in [7, 11) is -4.29. The minimum atomic E-state index is -4.29. The van der Waals surface area contributed by atoms with E-state index in [2.05, 4.69) is 11.0 Å². The van der Waals surface area contributed by atoms with Crippen molar-refractivity contribution in [2.24, 2.45) is 0 Å². The van der Waals surface area contributed by atoms with Gasteiger partial charge in [-0.2, -0.15) is 0 Å². The van der Waals surface area contributed by atoms with E-state index in [-0.39, 0.29) is 16.5 Å². The molecule has 1 aliphatic heterocycles. The number of carbonyl (C=O) groups is 1. The molecule has 1 heterocycles. The first-order valence-corrected chi connectivity index (χ1v) is 12.5. The zero-order valence-electron chi connectivity index (χ0n) is 19.2. The van der Waals surface area contributed by atoms with Crippen LogP contribution in [0.25, 0.3) is 0 Å². The smallest absolute Gasteiger partial charge is 0.289 e. The maximum absolute atomic E-state index is 13.2. The van der Waals surface area contributed by atoms with Crippen molar-refractivity contribution in [2.45, 2.75) is 29.7 Å². The lowest BCUT2D eigenvalue weighted by atomic mass is 10.1. The molecule has 0 aromatic heterocycles. The molecule has 8 nitrogen and oxygen atoms in total. The van der Waals surface area contributed by atoms with E-state index in [0.717, 1.165) is 47.6 Å². The van der Waals surface area contributed by atoms with E-state index in [1.54, 1.807) is 4.90 Å². The van der Waals surface area contributed by atoms with Crippen LogP contribution >= 0.6 is 0 Å². The molecule has 1 aliphatic rings. The lowest BCUT2D eigenvalue weighted by Gasteiger charge is -2.41. The van der Waals surface area contributed by atoms with Crippen molar-refractivity contribution in [2.75, 3.05) is 24.5 Å². The molecule has 3 aromatic carbocycles. The van der Waals surface area contributed by atoms with Crippen molar-refractivity contribution in [3.8, 4) is 0 Å². The lowest BCUT2D eigenvalue weighted by molar-refractivity contribution is -0.387. The van der Waals surface area contributed by atoms with Gasteiger partial charge in [0.15, 0.2) is 0 Å². The summed E-state index contributed by atoms with van der Waals surface area (Å²) in [5.41, 5.74) is 1.53. The first-order chi connectivity index (χ1) is 16.6. The Kier molecular flexibility index (Phi) is 6.58. The second-order valence-electron chi connectivity index (χ2n) is 8.53. The number of nitro benzene ring substituents is 1. The number of hydrogen-bond donors (Lipinski definition) is 0. The number of rotatable bonds is 5. The summed E-state index contributed by atoms with van der Waals surface area (Å²) in [5.74, 6) is -1.04. The van der Waals surface area contributed by atoms with Crippen molar-refractivity contribution in [3.63, 3.8) is 0 Å². The summed E-state index contributed by atoms with van der Waals surface area (Å²) in [4.78, 5) is 27.2. The average Bonchev–Trinajstić information content (AvgIpc) is 2.83. The molecule has 1 fully saturated rings. The van der Waals surface area contributed by atoms with Gasteiger partial charge in [0.25, 0.3) is 11.6 Å². The van der Waals surface area contributed by atoms with Crippen LogP contribution in [0, 0.1) is 22.9 Å². The van der Waals surface area contributed by atoms with E-state index in [4.69, 9.17) is 0 Å². The van der Waals surface area contributed by atoms with Crippen molar-refractivity contribution in [3.05, 3.63) is 93.8 Å². The molecule has 0 aliphatic carbocycles. The predicted molar refractivity (Wildman–Crippen MR) is 129 cm³/mol. The summed E-state index contributed by atoms with van der Waals surface area (Å²) in [5, 5.41) is 11.7. The summed E-state index contributed by atoms with van der Waals surface area (Å²) < 4.78 is 39.2. The topological polar surface area (TPSA) is 101 Å². The zero-order chi connectivity index (χ0) is 25.3. The molecule has 1 amide bonds. The van der Waals surface area contributed by atoms with E-state index in [0.29, 0.717) is 19.6 Å². The molecule has 0 radical (unpaired) electrons. The number of nitrogens with zero attached hydrogens (tertiary/aromatic N) is 3. The maximum atomic E-state index is 13.2. The number of sulfone groups is 1. The average molecular weight is 498 g/mol. The van der Waals surface area contributed by atoms with E-state index < -0.39 is 37.1 Å². The van der Waals surface area contributed by atoms with Crippen LogP contribution in [0.1, 0.15) is 22.8 Å². The fraction of sp³-hybridized carbons (Fsp3) is 0.240. The van der Waals surface area contributed by atoms with Crippen LogP contribution in [-0.2, 0) is 9.84 Å². The number of nitro groups is 1. The highest BCUT2D eigenvalue weighted by molar-refractivity contribution is 7.91. The monoisotopic (exact) mass is 497 g/mol. The highest BCUT2D eigenvalue weighted by Crippen LogP contribution is 2.31. The van der Waals surface area contributed by atoms with Gasteiger partial charge >= 0.3 is 0 Å². The number of hydrogen-bond acceptors (Lipinski definition) is 6. The van der Waals surface area contributed by atoms with Gasteiger partial charge in [-0.25, -0.2) is 12.8 Å². The van der Waals surface area contributed by atoms with Crippen LogP contribution in [0.15, 0.2) is 76.5 Å². The Morgan fingerprint density at radius 2 is 1.77 bits per heavy atom. The van der Waals surface area contributed by atoms with Gasteiger partial charge in [-0.3, -0.25) is 14.9 Å². The van der Waals surface area contributed by atoms with E-state index >= 15 is 0 Å². The number of benzene rings is 3. The van der Waals surface area contributed by atoms with Crippen molar-refractivity contribution in [1.29, 1.82) is 0 Å². The standard InChI is InChI=1S/C25H24FN3O5S/c1-17-4-3-5-21(14-17)27-12-13-28(18(2)16-27)25(30)19-6-11-24(23(15-19)29(31)32)35(33,34)22-9-7-20(26)8-10-22/h3-11,14-15,18H,12-13,16H2,1-2H3/t18-/m0/s1. The van der Waals surface area contributed by atoms with Crippen LogP contribution in [-0.4, -0.2) is 49.8 Å². The maximum Gasteiger partial charge on any atom is 0.289 e. The Hall–Kier alpha value is -3.79. The molecule has 3 aromatic rings. The molecular formula is C25H24FN3O5S. The van der Waals surface area contributed by atoms with Crippen molar-refractivity contribution < 1.29 is 22.5 Å². The number of aryl methyl sites for hydroxylation is 1. The van der Waals surface area contributed by atoms with Crippen LogP contribution in [0.3, 0.4) is 0 Å². The normalized spacial score (nSPS) is 16.3. The van der Waals surface area contributed by atoms with Gasteiger partial charge in [0.05, 0.1) is 9.82 Å². The van der Waals surface area contributed by atoms with Gasteiger partial charge in [-0.15, -0.1) is 0 Å². The Morgan fingerprint density at radius 1 is 1.06 bits per heavy atom. The minimum absolute atomic E-state index is 0.0330. The Labute approximate surface area is 202 Å². The Morgan fingerprint density at radius 3 is 2.40 bits per heavy atom. The van der Waals surface area contributed by atoms with Crippen LogP contribution in [0.5, 0.6) is 0 Å². The third-order valence-electron chi connectivity index (χ3n) is 6.07. The van der Waals surface area contributed by atoms with E-state index in [1.165, 1.54) is 6.07 Å². The number of amides is 1. The van der Waals surface area contributed by atoms with E-state index in [1.807, 2.05) is 32.0 Å². The van der Waals surface area contributed by atoms with Gasteiger partial charge in [0, 0.05) is 43.0 Å². The number of carbonyl (C=O) groups excluding carboxylic acids is 1. The first-order valence-electron chi connectivity index (χ1n) is 11.0. The summed E-state index contributed by atoms with van der Waals surface area (Å²) in [6, 6.07) is 15.3. The number of halogens is 1. The molecule has 4 rings (SSSR count). The highest BCUT2D eigenvalue weighted by Gasteiger charge is 2.32. The Balaban J connectivity index is 1.60. The van der Waals surface area contributed by atoms with E-state index in [9.17, 15) is 27.7 Å². The van der Waals surface area contributed by atoms with Crippen LogP contribution in [0.2, 0.25) is 0 Å². The van der Waals surface area contributed by atoms with Crippen LogP contribution < -0.4 is 4.90 Å². The van der Waals surface area contributed by atoms with Crippen LogP contribution in [0.4, 0.5) is 15.8 Å². The number of piperazine rings is 1. The quantitative estimate of drug-likeness (QED) is 0.297. The largest absolute Gasteiger partial charge is 0.368 e. The zero-order valence-corrected chi connectivity index (χ0v) is 20.0. The van der Waals surface area contributed by atoms with Gasteiger partial charge in [0.2, 0.25) is 9.84 Å². The predicted octanol–water partition coefficient (Wildman–Crippen LogP) is 4.23. The third-order valence-corrected chi connectivity index (χ3v) is 7.89. The van der Waals surface area contributed by atoms with Gasteiger partial charge < -0.3 is 9.80 Å². The second kappa shape index (κ2) is 9.46. The molecular weight excluding hydrogens is 473 g/mol. The molecule has 0 N–H and O–H groups in total. The Bertz CT molecular complexity index is 1390. The molecule has 35 heavy (non-hydrogen) atoms. The molecule has 1 atom stereocenters. The second-order valence-corrected chi connectivity index (χ2v) is 10.4. The molecule has 0 bridgehead atoms. The number of anilines is 1. The van der Waals surface area contributed by atoms with Gasteiger partial charge in [-0.1, -0.05) is 12.1 Å². The third kappa shape index (κ3) is 4.88. The van der Waals surface area contributed by atoms with Crippen molar-refractivity contribution >= 4 is 27.1 Å².